The van der Waals surface area contributed by atoms with Crippen molar-refractivity contribution in [3.8, 4) is 0 Å². The van der Waals surface area contributed by atoms with Crippen LogP contribution in [-0.2, 0) is 0 Å². The largest absolute Gasteiger partial charge is 0.673 e. The summed E-state index contributed by atoms with van der Waals surface area (Å²) in [6.45, 7) is 11.0. The zero-order valence-corrected chi connectivity index (χ0v) is 14.8. The van der Waals surface area contributed by atoms with Crippen LogP contribution in [0.4, 0.5) is 17.3 Å². The van der Waals surface area contributed by atoms with Gasteiger partial charge < -0.3 is 17.3 Å². The van der Waals surface area contributed by atoms with Crippen LogP contribution in [0.1, 0.15) is 59.3 Å². The van der Waals surface area contributed by atoms with Gasteiger partial charge >= 0.3 is 7.25 Å². The van der Waals surface area contributed by atoms with Gasteiger partial charge in [0.05, 0.1) is 24.6 Å². The zero-order valence-electron chi connectivity index (χ0n) is 13.9. The van der Waals surface area contributed by atoms with E-state index in [1.807, 2.05) is 0 Å². The van der Waals surface area contributed by atoms with Gasteiger partial charge in [-0.15, -0.1) is 0 Å². The van der Waals surface area contributed by atoms with E-state index >= 15 is 0 Å². The smallest absolute Gasteiger partial charge is 0.418 e. The monoisotopic (exact) mass is 330 g/mol. The second-order valence-corrected chi connectivity index (χ2v) is 9.93. The third kappa shape index (κ3) is 17.9. The molecule has 0 aliphatic heterocycles. The molecular weight excluding hydrogens is 298 g/mol. The van der Waals surface area contributed by atoms with Gasteiger partial charge in [-0.05, 0) is 19.3 Å². The Morgan fingerprint density at radius 1 is 0.810 bits per heavy atom. The highest BCUT2D eigenvalue weighted by atomic mass is 31.2. The van der Waals surface area contributed by atoms with E-state index in [4.69, 9.17) is 0 Å². The number of allylic oxidation sites excluding steroid dienone is 1. The van der Waals surface area contributed by atoms with E-state index in [1.165, 1.54) is 63.2 Å². The maximum atomic E-state index is 9.75. The molecular formula is C15H32BF4P. The second-order valence-electron chi connectivity index (χ2n) is 5.54. The number of hydrogen-bond acceptors (Lipinski definition) is 0. The topological polar surface area (TPSA) is 0 Å². The fourth-order valence-corrected chi connectivity index (χ4v) is 7.09. The van der Waals surface area contributed by atoms with Crippen LogP contribution in [0, 0.1) is 0 Å². The Labute approximate surface area is 129 Å². The molecule has 0 rings (SSSR count). The Bertz CT molecular complexity index is 217. The maximum Gasteiger partial charge on any atom is 0.673 e. The molecule has 0 nitrogen and oxygen atoms in total. The van der Waals surface area contributed by atoms with E-state index in [0.29, 0.717) is 0 Å². The van der Waals surface area contributed by atoms with Gasteiger partial charge in [0.2, 0.25) is 0 Å². The average Bonchev–Trinajstić information content (AvgIpc) is 2.38. The fourth-order valence-electron chi connectivity index (χ4n) is 2.36. The van der Waals surface area contributed by atoms with Crippen LogP contribution in [0.5, 0.6) is 0 Å². The molecule has 0 aliphatic rings. The lowest BCUT2D eigenvalue weighted by Crippen LogP contribution is -2.11. The van der Waals surface area contributed by atoms with Crippen molar-refractivity contribution in [1.82, 2.24) is 0 Å². The maximum absolute atomic E-state index is 9.75. The predicted octanol–water partition coefficient (Wildman–Crippen LogP) is 6.89. The Hall–Kier alpha value is -0.0451. The Morgan fingerprint density at radius 3 is 1.29 bits per heavy atom. The molecule has 0 aliphatic carbocycles. The molecule has 0 aromatic carbocycles. The quantitative estimate of drug-likeness (QED) is 0.167. The summed E-state index contributed by atoms with van der Waals surface area (Å²) in [7, 11) is -6.66. The first kappa shape index (κ1) is 23.2. The standard InChI is InChI=1S/C15H32P.BF4/c1-5-9-13-16(12-8-4,14-10-6-2)15-11-7-3;2-1(3,4)5/h8H,4-7,9-15H2,1-3H3;/q+1;-1. The van der Waals surface area contributed by atoms with Crippen LogP contribution in [0.15, 0.2) is 12.7 Å². The van der Waals surface area contributed by atoms with E-state index in [0.717, 1.165) is 0 Å². The first-order chi connectivity index (χ1) is 9.74. The zero-order chi connectivity index (χ0) is 16.8. The molecule has 0 heterocycles. The summed E-state index contributed by atoms with van der Waals surface area (Å²) in [4.78, 5) is 0. The molecule has 0 aromatic rings. The number of unbranched alkanes of at least 4 members (excludes halogenated alkanes) is 3. The van der Waals surface area contributed by atoms with Gasteiger partial charge in [-0.2, -0.15) is 0 Å². The lowest BCUT2D eigenvalue weighted by molar-refractivity contribution is 0.368. The SMILES string of the molecule is C=CC[P+](CCCC)(CCCC)CCCC.F[B-](F)(F)F. The van der Waals surface area contributed by atoms with Crippen molar-refractivity contribution in [2.75, 3.05) is 24.6 Å². The molecule has 0 N–H and O–H groups in total. The summed E-state index contributed by atoms with van der Waals surface area (Å²) in [5, 5.41) is 0. The highest BCUT2D eigenvalue weighted by molar-refractivity contribution is 7.76. The summed E-state index contributed by atoms with van der Waals surface area (Å²) in [6.07, 6.45) is 16.5. The molecule has 21 heavy (non-hydrogen) atoms. The first-order valence-electron chi connectivity index (χ1n) is 8.08. The van der Waals surface area contributed by atoms with Gasteiger partial charge in [0, 0.05) is 7.26 Å². The van der Waals surface area contributed by atoms with Crippen LogP contribution in [-0.4, -0.2) is 31.9 Å². The van der Waals surface area contributed by atoms with Crippen molar-refractivity contribution >= 4 is 14.5 Å². The van der Waals surface area contributed by atoms with Crippen molar-refractivity contribution in [3.05, 3.63) is 12.7 Å². The molecule has 0 saturated heterocycles. The number of rotatable bonds is 11. The van der Waals surface area contributed by atoms with Crippen LogP contribution in [0.25, 0.3) is 0 Å². The van der Waals surface area contributed by atoms with Gasteiger partial charge in [0.25, 0.3) is 0 Å². The summed E-state index contributed by atoms with van der Waals surface area (Å²) in [5.41, 5.74) is 0. The van der Waals surface area contributed by atoms with Crippen molar-refractivity contribution in [1.29, 1.82) is 0 Å². The summed E-state index contributed by atoms with van der Waals surface area (Å²) < 4.78 is 39.0. The summed E-state index contributed by atoms with van der Waals surface area (Å²) in [6, 6.07) is 0. The van der Waals surface area contributed by atoms with E-state index in [-0.39, 0.29) is 0 Å². The molecule has 0 spiro atoms. The Kier molecular flexibility index (Phi) is 15.0. The van der Waals surface area contributed by atoms with Gasteiger partial charge in [0.1, 0.15) is 0 Å². The molecule has 6 heteroatoms. The highest BCUT2D eigenvalue weighted by Gasteiger charge is 2.33. The fraction of sp³-hybridized carbons (Fsp3) is 0.867. The van der Waals surface area contributed by atoms with Gasteiger partial charge in [-0.3, -0.25) is 0 Å². The van der Waals surface area contributed by atoms with E-state index in [9.17, 15) is 17.3 Å². The molecule has 0 fully saturated rings. The Morgan fingerprint density at radius 2 is 1.10 bits per heavy atom. The van der Waals surface area contributed by atoms with E-state index in [1.54, 1.807) is 0 Å². The minimum absolute atomic E-state index is 0.664. The van der Waals surface area contributed by atoms with Crippen molar-refractivity contribution in [2.45, 2.75) is 59.3 Å². The van der Waals surface area contributed by atoms with Gasteiger partial charge in [0.15, 0.2) is 0 Å². The third-order valence-electron chi connectivity index (χ3n) is 3.47. The van der Waals surface area contributed by atoms with Crippen LogP contribution >= 0.6 is 7.26 Å². The molecule has 0 radical (unpaired) electrons. The lowest BCUT2D eigenvalue weighted by atomic mass is 10.3. The van der Waals surface area contributed by atoms with E-state index in [2.05, 4.69) is 33.4 Å². The van der Waals surface area contributed by atoms with Crippen molar-refractivity contribution in [3.63, 3.8) is 0 Å². The molecule has 0 amide bonds. The van der Waals surface area contributed by atoms with E-state index < -0.39 is 14.5 Å². The van der Waals surface area contributed by atoms with Crippen LogP contribution < -0.4 is 0 Å². The molecule has 128 valence electrons. The Balaban J connectivity index is 0. The molecule has 0 aromatic heterocycles. The third-order valence-corrected chi connectivity index (χ3v) is 8.30. The average molecular weight is 330 g/mol. The molecule has 0 unspecified atom stereocenters. The highest BCUT2D eigenvalue weighted by Crippen LogP contribution is 2.60. The first-order valence-corrected chi connectivity index (χ1v) is 10.6. The molecule has 0 saturated carbocycles. The number of hydrogen-bond donors (Lipinski definition) is 0. The second kappa shape index (κ2) is 13.6. The molecule has 0 bridgehead atoms. The summed E-state index contributed by atoms with van der Waals surface area (Å²) >= 11 is 0. The number of halogens is 4. The van der Waals surface area contributed by atoms with Crippen LogP contribution in [0.3, 0.4) is 0 Å². The van der Waals surface area contributed by atoms with Gasteiger partial charge in [-0.1, -0.05) is 52.7 Å². The minimum atomic E-state index is -6.00. The summed E-state index contributed by atoms with van der Waals surface area (Å²) in [5.74, 6) is 0. The minimum Gasteiger partial charge on any atom is -0.418 e. The molecule has 0 atom stereocenters. The lowest BCUT2D eigenvalue weighted by Gasteiger charge is -2.26. The normalized spacial score (nSPS) is 11.8. The van der Waals surface area contributed by atoms with Crippen molar-refractivity contribution in [2.24, 2.45) is 0 Å². The predicted molar refractivity (Wildman–Crippen MR) is 91.5 cm³/mol. The van der Waals surface area contributed by atoms with Crippen LogP contribution in [0.2, 0.25) is 0 Å². The van der Waals surface area contributed by atoms with Gasteiger partial charge in [-0.25, -0.2) is 0 Å². The van der Waals surface area contributed by atoms with Crippen molar-refractivity contribution < 1.29 is 17.3 Å².